The van der Waals surface area contributed by atoms with E-state index in [0.29, 0.717) is 17.0 Å². The van der Waals surface area contributed by atoms with Crippen molar-refractivity contribution >= 4 is 11.9 Å². The van der Waals surface area contributed by atoms with Gasteiger partial charge in [0, 0.05) is 17.0 Å². The molecular weight excluding hydrogens is 582 g/mol. The number of para-hydroxylation sites is 1. The summed E-state index contributed by atoms with van der Waals surface area (Å²) in [7, 11) is 1.42. The predicted octanol–water partition coefficient (Wildman–Crippen LogP) is 3.75. The molecule has 0 aliphatic rings. The van der Waals surface area contributed by atoms with Gasteiger partial charge in [-0.15, -0.1) is 0 Å². The minimum Gasteiger partial charge on any atom is -0.493 e. The number of H-pyrrole nitrogens is 2. The van der Waals surface area contributed by atoms with Gasteiger partial charge >= 0.3 is 11.9 Å². The topological polar surface area (TPSA) is 192 Å². The Balaban J connectivity index is 1.82. The van der Waals surface area contributed by atoms with Crippen LogP contribution < -0.4 is 20.6 Å². The van der Waals surface area contributed by atoms with E-state index < -0.39 is 29.0 Å². The molecule has 3 aromatic carbocycles. The van der Waals surface area contributed by atoms with E-state index in [-0.39, 0.29) is 51.7 Å². The number of carboxylic acid groups (broad SMARTS) is 2. The van der Waals surface area contributed by atoms with Gasteiger partial charge in [0.05, 0.1) is 46.7 Å². The minimum absolute atomic E-state index is 0.0299. The van der Waals surface area contributed by atoms with E-state index in [4.69, 9.17) is 9.47 Å². The monoisotopic (exact) mass is 609 g/mol. The molecule has 2 aromatic heterocycles. The van der Waals surface area contributed by atoms with Crippen LogP contribution in [0.1, 0.15) is 54.7 Å². The highest BCUT2D eigenvalue weighted by Gasteiger charge is 2.34. The van der Waals surface area contributed by atoms with Crippen molar-refractivity contribution in [2.75, 3.05) is 13.7 Å². The third-order valence-electron chi connectivity index (χ3n) is 7.34. The maximum atomic E-state index is 14.2. The number of aromatic nitrogens is 4. The van der Waals surface area contributed by atoms with E-state index in [2.05, 4.69) is 10.2 Å². The second-order valence-corrected chi connectivity index (χ2v) is 10.1. The van der Waals surface area contributed by atoms with Crippen molar-refractivity contribution in [2.24, 2.45) is 0 Å². The summed E-state index contributed by atoms with van der Waals surface area (Å²) in [5.74, 6) is -3.02. The standard InChI is InChI=1S/C32H27N5O8/c1-17-25(29(38)36(34-17)21-9-4-7-19(15-21)31(40)41)27(23-11-6-12-24(44-3)28(23)45-14-13-33)26-18(2)35-37(30(26)39)22-10-5-8-20(16-22)32(42)43/h4-12,15-16,27,34-35H,14H2,1-3H3,(H,40,41)(H,42,43). The first-order valence-electron chi connectivity index (χ1n) is 13.5. The first-order valence-corrected chi connectivity index (χ1v) is 13.5. The Morgan fingerprint density at radius 3 is 1.78 bits per heavy atom. The van der Waals surface area contributed by atoms with Crippen LogP contribution in [-0.4, -0.2) is 55.4 Å². The largest absolute Gasteiger partial charge is 0.493 e. The van der Waals surface area contributed by atoms with Crippen LogP contribution in [0.3, 0.4) is 0 Å². The maximum absolute atomic E-state index is 14.2. The number of hydrogen-bond acceptors (Lipinski definition) is 7. The number of aromatic amines is 2. The molecule has 13 nitrogen and oxygen atoms in total. The zero-order chi connectivity index (χ0) is 32.4. The lowest BCUT2D eigenvalue weighted by molar-refractivity contribution is 0.0686. The molecule has 5 rings (SSSR count). The second kappa shape index (κ2) is 12.1. The van der Waals surface area contributed by atoms with E-state index in [1.165, 1.54) is 52.9 Å². The van der Waals surface area contributed by atoms with E-state index in [1.54, 1.807) is 44.2 Å². The lowest BCUT2D eigenvalue weighted by Gasteiger charge is -2.20. The third kappa shape index (κ3) is 5.48. The number of nitrogens with zero attached hydrogens (tertiary/aromatic N) is 3. The van der Waals surface area contributed by atoms with E-state index in [0.717, 1.165) is 0 Å². The SMILES string of the molecule is COc1cccc(C(c2c(C)[nH]n(-c3cccc(C(=O)O)c3)c2=O)c2c(C)[nH]n(-c3cccc(C(=O)O)c3)c2=O)c1OCC#N. The predicted molar refractivity (Wildman–Crippen MR) is 161 cm³/mol. The Labute approximate surface area is 255 Å². The van der Waals surface area contributed by atoms with E-state index in [1.807, 2.05) is 6.07 Å². The number of carbonyl (C=O) groups is 2. The molecular formula is C32H27N5O8. The fraction of sp³-hybridized carbons (Fsp3) is 0.156. The molecule has 0 fully saturated rings. The van der Waals surface area contributed by atoms with Gasteiger partial charge in [-0.05, 0) is 56.3 Å². The van der Waals surface area contributed by atoms with Gasteiger partial charge in [-0.3, -0.25) is 19.8 Å². The fourth-order valence-corrected chi connectivity index (χ4v) is 5.35. The number of ether oxygens (including phenoxy) is 2. The molecule has 45 heavy (non-hydrogen) atoms. The van der Waals surface area contributed by atoms with Crippen LogP contribution in [0.2, 0.25) is 0 Å². The maximum Gasteiger partial charge on any atom is 0.335 e. The van der Waals surface area contributed by atoms with E-state index in [9.17, 15) is 34.7 Å². The molecule has 5 aromatic rings. The summed E-state index contributed by atoms with van der Waals surface area (Å²) >= 11 is 0. The summed E-state index contributed by atoms with van der Waals surface area (Å²) in [6.45, 7) is 2.94. The van der Waals surface area contributed by atoms with Gasteiger partial charge in [-0.2, -0.15) is 5.26 Å². The number of nitriles is 1. The van der Waals surface area contributed by atoms with Crippen molar-refractivity contribution in [3.05, 3.63) is 127 Å². The highest BCUT2D eigenvalue weighted by Crippen LogP contribution is 2.42. The van der Waals surface area contributed by atoms with Crippen molar-refractivity contribution in [1.29, 1.82) is 5.26 Å². The molecule has 0 saturated heterocycles. The Morgan fingerprint density at radius 2 is 1.33 bits per heavy atom. The molecule has 13 heteroatoms. The molecule has 0 atom stereocenters. The molecule has 0 spiro atoms. The Bertz CT molecular complexity index is 1990. The zero-order valence-corrected chi connectivity index (χ0v) is 24.3. The van der Waals surface area contributed by atoms with Gasteiger partial charge in [-0.1, -0.05) is 24.3 Å². The van der Waals surface area contributed by atoms with Gasteiger partial charge in [0.1, 0.15) is 6.07 Å². The Morgan fingerprint density at radius 1 is 0.844 bits per heavy atom. The summed E-state index contributed by atoms with van der Waals surface area (Å²) in [6.07, 6.45) is 0. The Hall–Kier alpha value is -6.29. The molecule has 4 N–H and O–H groups in total. The van der Waals surface area contributed by atoms with Crippen LogP contribution in [0.4, 0.5) is 0 Å². The minimum atomic E-state index is -1.17. The van der Waals surface area contributed by atoms with Gasteiger partial charge in [0.2, 0.25) is 0 Å². The molecule has 0 amide bonds. The van der Waals surface area contributed by atoms with Gasteiger partial charge in [0.15, 0.2) is 18.1 Å². The van der Waals surface area contributed by atoms with Crippen LogP contribution in [0.25, 0.3) is 11.4 Å². The number of nitrogens with one attached hydrogen (secondary N) is 2. The number of aromatic carboxylic acids is 2. The van der Waals surface area contributed by atoms with Crippen LogP contribution in [0, 0.1) is 25.2 Å². The first-order chi connectivity index (χ1) is 21.6. The lowest BCUT2D eigenvalue weighted by atomic mass is 9.84. The van der Waals surface area contributed by atoms with E-state index >= 15 is 0 Å². The normalized spacial score (nSPS) is 10.9. The first kappa shape index (κ1) is 30.2. The number of benzene rings is 3. The third-order valence-corrected chi connectivity index (χ3v) is 7.34. The number of carboxylic acids is 2. The fourth-order valence-electron chi connectivity index (χ4n) is 5.35. The quantitative estimate of drug-likeness (QED) is 0.182. The van der Waals surface area contributed by atoms with Gasteiger partial charge < -0.3 is 19.7 Å². The average molecular weight is 610 g/mol. The molecule has 0 unspecified atom stereocenters. The molecule has 228 valence electrons. The molecule has 2 heterocycles. The smallest absolute Gasteiger partial charge is 0.335 e. The van der Waals surface area contributed by atoms with Crippen LogP contribution in [0.5, 0.6) is 11.5 Å². The molecule has 0 bridgehead atoms. The number of aryl methyl sites for hydroxylation is 2. The summed E-state index contributed by atoms with van der Waals surface area (Å²) in [5, 5.41) is 34.3. The summed E-state index contributed by atoms with van der Waals surface area (Å²) < 4.78 is 13.7. The number of hydrogen-bond donors (Lipinski definition) is 4. The molecule has 0 saturated carbocycles. The molecule has 0 aliphatic heterocycles. The Kier molecular flexibility index (Phi) is 8.14. The van der Waals surface area contributed by atoms with Crippen LogP contribution in [0.15, 0.2) is 76.3 Å². The van der Waals surface area contributed by atoms with Crippen molar-refractivity contribution in [3.8, 4) is 28.9 Å². The van der Waals surface area contributed by atoms with Crippen molar-refractivity contribution in [3.63, 3.8) is 0 Å². The number of rotatable bonds is 10. The average Bonchev–Trinajstić information content (AvgIpc) is 3.50. The van der Waals surface area contributed by atoms with Crippen molar-refractivity contribution < 1.29 is 29.3 Å². The zero-order valence-electron chi connectivity index (χ0n) is 24.3. The lowest BCUT2D eigenvalue weighted by Crippen LogP contribution is -2.26. The molecule has 0 aliphatic carbocycles. The van der Waals surface area contributed by atoms with Crippen molar-refractivity contribution in [2.45, 2.75) is 19.8 Å². The highest BCUT2D eigenvalue weighted by atomic mass is 16.5. The van der Waals surface area contributed by atoms with Gasteiger partial charge in [0.25, 0.3) is 11.1 Å². The second-order valence-electron chi connectivity index (χ2n) is 10.1. The van der Waals surface area contributed by atoms with Crippen molar-refractivity contribution in [1.82, 2.24) is 19.6 Å². The van der Waals surface area contributed by atoms with Crippen LogP contribution in [-0.2, 0) is 0 Å². The number of methoxy groups -OCH3 is 1. The van der Waals surface area contributed by atoms with Gasteiger partial charge in [-0.25, -0.2) is 19.0 Å². The summed E-state index contributed by atoms with van der Waals surface area (Å²) in [4.78, 5) is 51.7. The highest BCUT2D eigenvalue weighted by molar-refractivity contribution is 5.88. The van der Waals surface area contributed by atoms with Crippen LogP contribution >= 0.6 is 0 Å². The summed E-state index contributed by atoms with van der Waals surface area (Å²) in [6, 6.07) is 18.5. The summed E-state index contributed by atoms with van der Waals surface area (Å²) in [5.41, 5.74) is 0.728. The molecule has 0 radical (unpaired) electrons.